The third-order valence-electron chi connectivity index (χ3n) is 5.22. The molecule has 5 nitrogen and oxygen atoms in total. The highest BCUT2D eigenvalue weighted by Crippen LogP contribution is 2.25. The van der Waals surface area contributed by atoms with E-state index in [2.05, 4.69) is 24.0 Å². The molecule has 3 rings (SSSR count). The Bertz CT molecular complexity index is 793. The number of anilines is 1. The van der Waals surface area contributed by atoms with Gasteiger partial charge in [0.15, 0.2) is 0 Å². The molecule has 1 fully saturated rings. The summed E-state index contributed by atoms with van der Waals surface area (Å²) in [5.41, 5.74) is 9.39. The number of benzene rings is 2. The molecule has 154 valence electrons. The van der Waals surface area contributed by atoms with Gasteiger partial charge in [-0.05, 0) is 49.2 Å². The molecule has 2 N–H and O–H groups in total. The number of nitrogens with zero attached hydrogens (tertiary/aromatic N) is 2. The SMILES string of the molecule is COc1cccc(C(C)N2CCN(C(=O)c3cc(N)ccc3C)CC2)c1.Cl.Cl. The van der Waals surface area contributed by atoms with Gasteiger partial charge in [-0.2, -0.15) is 0 Å². The van der Waals surface area contributed by atoms with E-state index in [1.807, 2.05) is 36.1 Å². The molecule has 0 bridgehead atoms. The van der Waals surface area contributed by atoms with Gasteiger partial charge >= 0.3 is 0 Å². The quantitative estimate of drug-likeness (QED) is 0.753. The van der Waals surface area contributed by atoms with Gasteiger partial charge < -0.3 is 15.4 Å². The summed E-state index contributed by atoms with van der Waals surface area (Å²) >= 11 is 0. The maximum absolute atomic E-state index is 12.8. The number of hydrogen-bond donors (Lipinski definition) is 1. The van der Waals surface area contributed by atoms with Crippen LogP contribution in [0.1, 0.15) is 34.5 Å². The minimum atomic E-state index is 0. The Hall–Kier alpha value is -1.95. The van der Waals surface area contributed by atoms with E-state index in [-0.39, 0.29) is 36.8 Å². The molecule has 0 saturated carbocycles. The van der Waals surface area contributed by atoms with E-state index in [1.165, 1.54) is 5.56 Å². The van der Waals surface area contributed by atoms with Crippen LogP contribution in [0.2, 0.25) is 0 Å². The Morgan fingerprint density at radius 3 is 2.39 bits per heavy atom. The van der Waals surface area contributed by atoms with Crippen LogP contribution in [0.4, 0.5) is 5.69 Å². The number of carbonyl (C=O) groups excluding carboxylic acids is 1. The van der Waals surface area contributed by atoms with E-state index in [1.54, 1.807) is 13.2 Å². The summed E-state index contributed by atoms with van der Waals surface area (Å²) in [6.45, 7) is 7.31. The van der Waals surface area contributed by atoms with Crippen molar-refractivity contribution in [2.24, 2.45) is 0 Å². The smallest absolute Gasteiger partial charge is 0.254 e. The molecule has 2 aromatic rings. The first kappa shape index (κ1) is 24.1. The zero-order valence-corrected chi connectivity index (χ0v) is 18.2. The van der Waals surface area contributed by atoms with Crippen molar-refractivity contribution in [2.75, 3.05) is 39.0 Å². The first-order valence-corrected chi connectivity index (χ1v) is 9.03. The zero-order chi connectivity index (χ0) is 18.7. The summed E-state index contributed by atoms with van der Waals surface area (Å²) in [6, 6.07) is 14.0. The van der Waals surface area contributed by atoms with Gasteiger partial charge in [-0.3, -0.25) is 9.69 Å². The molecule has 1 aliphatic heterocycles. The summed E-state index contributed by atoms with van der Waals surface area (Å²) in [5.74, 6) is 0.948. The molecule has 28 heavy (non-hydrogen) atoms. The molecule has 0 aliphatic carbocycles. The average molecular weight is 426 g/mol. The normalized spacial score (nSPS) is 15.2. The highest BCUT2D eigenvalue weighted by molar-refractivity contribution is 5.96. The molecule has 0 aromatic heterocycles. The van der Waals surface area contributed by atoms with E-state index in [9.17, 15) is 4.79 Å². The first-order valence-electron chi connectivity index (χ1n) is 9.03. The van der Waals surface area contributed by atoms with Crippen molar-refractivity contribution in [1.29, 1.82) is 0 Å². The minimum absolute atomic E-state index is 0. The molecule has 7 heteroatoms. The van der Waals surface area contributed by atoms with Crippen LogP contribution in [0.5, 0.6) is 5.75 Å². The highest BCUT2D eigenvalue weighted by Gasteiger charge is 2.26. The number of aryl methyl sites for hydroxylation is 1. The number of piperazine rings is 1. The molecule has 1 heterocycles. The van der Waals surface area contributed by atoms with Crippen molar-refractivity contribution in [2.45, 2.75) is 19.9 Å². The molecular weight excluding hydrogens is 397 g/mol. The fourth-order valence-corrected chi connectivity index (χ4v) is 3.46. The number of ether oxygens (including phenoxy) is 1. The average Bonchev–Trinajstić information content (AvgIpc) is 2.69. The van der Waals surface area contributed by atoms with Crippen molar-refractivity contribution in [1.82, 2.24) is 9.80 Å². The Labute approximate surface area is 179 Å². The van der Waals surface area contributed by atoms with Gasteiger partial charge in [0.25, 0.3) is 5.91 Å². The summed E-state index contributed by atoms with van der Waals surface area (Å²) in [4.78, 5) is 17.2. The number of methoxy groups -OCH3 is 1. The summed E-state index contributed by atoms with van der Waals surface area (Å²) in [5, 5.41) is 0. The molecule has 1 atom stereocenters. The second kappa shape index (κ2) is 10.6. The maximum Gasteiger partial charge on any atom is 0.254 e. The number of hydrogen-bond acceptors (Lipinski definition) is 4. The molecule has 1 saturated heterocycles. The van der Waals surface area contributed by atoms with Crippen LogP contribution < -0.4 is 10.5 Å². The summed E-state index contributed by atoms with van der Waals surface area (Å²) < 4.78 is 5.33. The molecule has 2 aromatic carbocycles. The Balaban J connectivity index is 0.00000196. The molecule has 1 aliphatic rings. The van der Waals surface area contributed by atoms with Crippen LogP contribution in [0, 0.1) is 6.92 Å². The first-order chi connectivity index (χ1) is 12.5. The van der Waals surface area contributed by atoms with E-state index >= 15 is 0 Å². The summed E-state index contributed by atoms with van der Waals surface area (Å²) in [7, 11) is 1.69. The Morgan fingerprint density at radius 2 is 1.75 bits per heavy atom. The second-order valence-electron chi connectivity index (χ2n) is 6.86. The lowest BCUT2D eigenvalue weighted by molar-refractivity contribution is 0.0581. The second-order valence-corrected chi connectivity index (χ2v) is 6.86. The van der Waals surface area contributed by atoms with Crippen LogP contribution in [0.3, 0.4) is 0 Å². The number of amides is 1. The van der Waals surface area contributed by atoms with Crippen molar-refractivity contribution >= 4 is 36.4 Å². The lowest BCUT2D eigenvalue weighted by Gasteiger charge is -2.38. The van der Waals surface area contributed by atoms with Crippen molar-refractivity contribution < 1.29 is 9.53 Å². The Morgan fingerprint density at radius 1 is 1.07 bits per heavy atom. The fraction of sp³-hybridized carbons (Fsp3) is 0.381. The zero-order valence-electron chi connectivity index (χ0n) is 16.6. The van der Waals surface area contributed by atoms with Crippen molar-refractivity contribution in [3.05, 3.63) is 59.2 Å². The maximum atomic E-state index is 12.8. The van der Waals surface area contributed by atoms with Crippen LogP contribution >= 0.6 is 24.8 Å². The number of carbonyl (C=O) groups is 1. The lowest BCUT2D eigenvalue weighted by atomic mass is 10.0. The van der Waals surface area contributed by atoms with Crippen LogP contribution in [0.15, 0.2) is 42.5 Å². The number of halogens is 2. The minimum Gasteiger partial charge on any atom is -0.497 e. The molecular formula is C21H29Cl2N3O2. The van der Waals surface area contributed by atoms with Crippen LogP contribution in [-0.2, 0) is 0 Å². The monoisotopic (exact) mass is 425 g/mol. The lowest BCUT2D eigenvalue weighted by Crippen LogP contribution is -2.49. The highest BCUT2D eigenvalue weighted by atomic mass is 35.5. The van der Waals surface area contributed by atoms with Crippen molar-refractivity contribution in [3.63, 3.8) is 0 Å². The standard InChI is InChI=1S/C21H27N3O2.2ClH/c1-15-7-8-18(22)14-20(15)21(25)24-11-9-23(10-12-24)16(2)17-5-4-6-19(13-17)26-3;;/h4-8,13-14,16H,9-12,22H2,1-3H3;2*1H. The predicted molar refractivity (Wildman–Crippen MR) is 119 cm³/mol. The van der Waals surface area contributed by atoms with E-state index in [0.717, 1.165) is 37.5 Å². The molecule has 0 radical (unpaired) electrons. The molecule has 1 unspecified atom stereocenters. The van der Waals surface area contributed by atoms with E-state index < -0.39 is 0 Å². The van der Waals surface area contributed by atoms with Gasteiger partial charge in [0, 0.05) is 43.5 Å². The van der Waals surface area contributed by atoms with Gasteiger partial charge in [-0.25, -0.2) is 0 Å². The molecule has 1 amide bonds. The van der Waals surface area contributed by atoms with Gasteiger partial charge in [0.05, 0.1) is 7.11 Å². The van der Waals surface area contributed by atoms with Crippen LogP contribution in [0.25, 0.3) is 0 Å². The van der Waals surface area contributed by atoms with Crippen LogP contribution in [-0.4, -0.2) is 49.0 Å². The predicted octanol–water partition coefficient (Wildman–Crippen LogP) is 3.95. The number of nitrogen functional groups attached to an aromatic ring is 1. The van der Waals surface area contributed by atoms with Crippen molar-refractivity contribution in [3.8, 4) is 5.75 Å². The number of nitrogens with two attached hydrogens (primary N) is 1. The van der Waals surface area contributed by atoms with Gasteiger partial charge in [-0.1, -0.05) is 18.2 Å². The van der Waals surface area contributed by atoms with Gasteiger partial charge in [0.2, 0.25) is 0 Å². The largest absolute Gasteiger partial charge is 0.497 e. The van der Waals surface area contributed by atoms with Gasteiger partial charge in [-0.15, -0.1) is 24.8 Å². The van der Waals surface area contributed by atoms with Gasteiger partial charge in [0.1, 0.15) is 5.75 Å². The fourth-order valence-electron chi connectivity index (χ4n) is 3.46. The molecule has 0 spiro atoms. The van der Waals surface area contributed by atoms with E-state index in [4.69, 9.17) is 10.5 Å². The summed E-state index contributed by atoms with van der Waals surface area (Å²) in [6.07, 6.45) is 0. The third-order valence-corrected chi connectivity index (χ3v) is 5.22. The number of rotatable bonds is 4. The Kier molecular flexibility index (Phi) is 9.08. The van der Waals surface area contributed by atoms with E-state index in [0.29, 0.717) is 11.3 Å². The third kappa shape index (κ3) is 5.31. The topological polar surface area (TPSA) is 58.8 Å².